The van der Waals surface area contributed by atoms with Gasteiger partial charge in [-0.15, -0.1) is 0 Å². The lowest BCUT2D eigenvalue weighted by Crippen LogP contribution is -2.40. The third-order valence-corrected chi connectivity index (χ3v) is 10.5. The third-order valence-electron chi connectivity index (χ3n) is 6.52. The van der Waals surface area contributed by atoms with Gasteiger partial charge in [-0.25, -0.2) is 16.8 Å². The number of fused-ring (bicyclic) bond motifs is 1. The van der Waals surface area contributed by atoms with E-state index in [0.29, 0.717) is 16.0 Å². The van der Waals surface area contributed by atoms with Gasteiger partial charge >= 0.3 is 0 Å². The van der Waals surface area contributed by atoms with Crippen LogP contribution in [0.25, 0.3) is 0 Å². The van der Waals surface area contributed by atoms with Gasteiger partial charge in [0.15, 0.2) is 9.84 Å². The number of aryl methyl sites for hydroxylation is 5. The molecule has 3 aromatic carbocycles. The van der Waals surface area contributed by atoms with Gasteiger partial charge in [-0.1, -0.05) is 59.2 Å². The van der Waals surface area contributed by atoms with Crippen LogP contribution in [0.5, 0.6) is 0 Å². The topological polar surface area (TPSA) is 71.5 Å². The molecule has 0 saturated heterocycles. The average molecular weight is 498 g/mol. The summed E-state index contributed by atoms with van der Waals surface area (Å²) in [6.07, 6.45) is 0. The maximum Gasteiger partial charge on any atom is 0.243 e. The predicted octanol–water partition coefficient (Wildman–Crippen LogP) is 4.99. The zero-order valence-corrected chi connectivity index (χ0v) is 21.9. The highest BCUT2D eigenvalue weighted by Crippen LogP contribution is 2.36. The highest BCUT2D eigenvalue weighted by Gasteiger charge is 2.37. The van der Waals surface area contributed by atoms with E-state index in [9.17, 15) is 16.8 Å². The Labute approximate surface area is 203 Å². The summed E-state index contributed by atoms with van der Waals surface area (Å²) in [5.74, 6) is -0.611. The highest BCUT2D eigenvalue weighted by molar-refractivity contribution is 7.91. The van der Waals surface area contributed by atoms with Crippen molar-refractivity contribution < 1.29 is 16.8 Å². The molecule has 4 rings (SSSR count). The van der Waals surface area contributed by atoms with Gasteiger partial charge in [0.2, 0.25) is 10.0 Å². The van der Waals surface area contributed by atoms with Crippen molar-refractivity contribution in [3.63, 3.8) is 0 Å². The molecule has 180 valence electrons. The summed E-state index contributed by atoms with van der Waals surface area (Å²) in [7, 11) is -7.42. The van der Waals surface area contributed by atoms with Gasteiger partial charge in [0, 0.05) is 19.0 Å². The number of benzene rings is 3. The summed E-state index contributed by atoms with van der Waals surface area (Å²) in [5.41, 5.74) is 6.20. The Morgan fingerprint density at radius 2 is 1.35 bits per heavy atom. The fraction of sp³-hybridized carbons (Fsp3) is 0.333. The Kier molecular flexibility index (Phi) is 6.48. The molecule has 0 saturated carbocycles. The van der Waals surface area contributed by atoms with E-state index in [1.165, 1.54) is 4.31 Å². The van der Waals surface area contributed by atoms with Gasteiger partial charge in [0.05, 0.1) is 15.5 Å². The second kappa shape index (κ2) is 8.95. The number of sulfone groups is 1. The Hall–Kier alpha value is -2.48. The molecule has 0 radical (unpaired) electrons. The van der Waals surface area contributed by atoms with E-state index in [0.717, 1.165) is 27.8 Å². The van der Waals surface area contributed by atoms with E-state index in [1.807, 2.05) is 65.0 Å². The van der Waals surface area contributed by atoms with Crippen LogP contribution in [0.2, 0.25) is 0 Å². The molecule has 0 amide bonds. The number of nitrogens with zero attached hydrogens (tertiary/aromatic N) is 1. The van der Waals surface area contributed by atoms with Crippen molar-refractivity contribution in [2.24, 2.45) is 0 Å². The number of sulfonamides is 1. The van der Waals surface area contributed by atoms with Crippen molar-refractivity contribution in [1.29, 1.82) is 0 Å². The minimum atomic E-state index is -3.81. The van der Waals surface area contributed by atoms with Crippen molar-refractivity contribution in [1.82, 2.24) is 4.31 Å². The Morgan fingerprint density at radius 3 is 1.97 bits per heavy atom. The molecule has 34 heavy (non-hydrogen) atoms. The summed E-state index contributed by atoms with van der Waals surface area (Å²) < 4.78 is 55.7. The first kappa shape index (κ1) is 24.6. The molecule has 1 aliphatic heterocycles. The van der Waals surface area contributed by atoms with Crippen LogP contribution in [0.15, 0.2) is 64.4 Å². The standard InChI is InChI=1S/C27H31NO4S2/c1-18-7-10-25(11-8-18)33(29,30)17-24-16-28(15-23-9-6-19(2)14-26(23)24)34(31,32)27-21(4)12-20(3)13-22(27)5/h6-14,24H,15-17H2,1-5H3. The van der Waals surface area contributed by atoms with E-state index in [2.05, 4.69) is 0 Å². The van der Waals surface area contributed by atoms with Crippen molar-refractivity contribution in [2.45, 2.75) is 56.9 Å². The lowest BCUT2D eigenvalue weighted by molar-refractivity contribution is 0.363. The molecule has 1 aliphatic rings. The van der Waals surface area contributed by atoms with Crippen LogP contribution < -0.4 is 0 Å². The molecule has 0 aromatic heterocycles. The predicted molar refractivity (Wildman–Crippen MR) is 135 cm³/mol. The lowest BCUT2D eigenvalue weighted by Gasteiger charge is -2.34. The first-order chi connectivity index (χ1) is 15.9. The Bertz CT molecular complexity index is 1430. The molecule has 0 fully saturated rings. The minimum absolute atomic E-state index is 0.122. The SMILES string of the molecule is Cc1ccc(S(=O)(=O)CC2CN(S(=O)(=O)c3c(C)cc(C)cc3C)Cc3ccc(C)cc32)cc1. The molecular weight excluding hydrogens is 466 g/mol. The van der Waals surface area contributed by atoms with Gasteiger partial charge in [0.1, 0.15) is 0 Å². The van der Waals surface area contributed by atoms with Crippen molar-refractivity contribution >= 4 is 19.9 Å². The Balaban J connectivity index is 1.76. The van der Waals surface area contributed by atoms with E-state index in [1.54, 1.807) is 24.3 Å². The van der Waals surface area contributed by atoms with Crippen molar-refractivity contribution in [2.75, 3.05) is 12.3 Å². The minimum Gasteiger partial charge on any atom is -0.224 e. The number of hydrogen-bond donors (Lipinski definition) is 0. The molecule has 1 heterocycles. The molecule has 7 heteroatoms. The lowest BCUT2D eigenvalue weighted by atomic mass is 9.91. The second-order valence-electron chi connectivity index (χ2n) is 9.52. The van der Waals surface area contributed by atoms with Crippen molar-refractivity contribution in [3.8, 4) is 0 Å². The smallest absolute Gasteiger partial charge is 0.224 e. The van der Waals surface area contributed by atoms with Gasteiger partial charge < -0.3 is 0 Å². The van der Waals surface area contributed by atoms with Crippen LogP contribution in [0.4, 0.5) is 0 Å². The van der Waals surface area contributed by atoms with Crippen LogP contribution >= 0.6 is 0 Å². The highest BCUT2D eigenvalue weighted by atomic mass is 32.2. The molecule has 0 N–H and O–H groups in total. The largest absolute Gasteiger partial charge is 0.243 e. The van der Waals surface area contributed by atoms with Crippen LogP contribution in [0.1, 0.15) is 44.9 Å². The van der Waals surface area contributed by atoms with Gasteiger partial charge in [-0.2, -0.15) is 4.31 Å². The van der Waals surface area contributed by atoms with Gasteiger partial charge in [-0.3, -0.25) is 0 Å². The second-order valence-corrected chi connectivity index (χ2v) is 13.4. The molecule has 1 atom stereocenters. The van der Waals surface area contributed by atoms with Gasteiger partial charge in [0.25, 0.3) is 0 Å². The van der Waals surface area contributed by atoms with E-state index in [4.69, 9.17) is 0 Å². The summed E-state index contributed by atoms with van der Waals surface area (Å²) >= 11 is 0. The quantitative estimate of drug-likeness (QED) is 0.498. The molecule has 0 bridgehead atoms. The van der Waals surface area contributed by atoms with Crippen LogP contribution in [-0.4, -0.2) is 33.4 Å². The Morgan fingerprint density at radius 1 is 0.765 bits per heavy atom. The fourth-order valence-electron chi connectivity index (χ4n) is 4.97. The van der Waals surface area contributed by atoms with Gasteiger partial charge in [-0.05, 0) is 69.0 Å². The normalized spacial score (nSPS) is 16.9. The van der Waals surface area contributed by atoms with Crippen LogP contribution in [0, 0.1) is 34.6 Å². The first-order valence-electron chi connectivity index (χ1n) is 11.4. The summed E-state index contributed by atoms with van der Waals surface area (Å²) in [6, 6.07) is 16.4. The molecule has 0 aliphatic carbocycles. The average Bonchev–Trinajstić information content (AvgIpc) is 2.73. The fourth-order valence-corrected chi connectivity index (χ4v) is 8.41. The van der Waals surface area contributed by atoms with E-state index in [-0.39, 0.29) is 23.7 Å². The number of hydrogen-bond acceptors (Lipinski definition) is 4. The summed E-state index contributed by atoms with van der Waals surface area (Å²) in [4.78, 5) is 0.575. The molecule has 1 unspecified atom stereocenters. The third kappa shape index (κ3) is 4.69. The van der Waals surface area contributed by atoms with E-state index < -0.39 is 25.8 Å². The first-order valence-corrected chi connectivity index (χ1v) is 14.4. The maximum atomic E-state index is 13.8. The van der Waals surface area contributed by atoms with E-state index >= 15 is 0 Å². The monoisotopic (exact) mass is 497 g/mol. The molecule has 0 spiro atoms. The zero-order chi connectivity index (χ0) is 24.8. The summed E-state index contributed by atoms with van der Waals surface area (Å²) in [6.45, 7) is 9.80. The maximum absolute atomic E-state index is 13.8. The van der Waals surface area contributed by atoms with Crippen LogP contribution in [0.3, 0.4) is 0 Å². The summed E-state index contributed by atoms with van der Waals surface area (Å²) in [5, 5.41) is 0. The van der Waals surface area contributed by atoms with Crippen LogP contribution in [-0.2, 0) is 26.4 Å². The molecular formula is C27H31NO4S2. The molecule has 5 nitrogen and oxygen atoms in total. The zero-order valence-electron chi connectivity index (χ0n) is 20.3. The molecule has 3 aromatic rings. The number of rotatable bonds is 5. The van der Waals surface area contributed by atoms with Crippen molar-refractivity contribution in [3.05, 3.63) is 93.5 Å².